The van der Waals surface area contributed by atoms with Crippen LogP contribution in [0.4, 0.5) is 0 Å². The van der Waals surface area contributed by atoms with Gasteiger partial charge in [0.05, 0.1) is 19.5 Å². The third kappa shape index (κ3) is 2.39. The summed E-state index contributed by atoms with van der Waals surface area (Å²) >= 11 is 0. The van der Waals surface area contributed by atoms with Crippen LogP contribution < -0.4 is 0 Å². The topological polar surface area (TPSA) is 29.5 Å². The van der Waals surface area contributed by atoms with Gasteiger partial charge in [0.1, 0.15) is 0 Å². The molecule has 0 radical (unpaired) electrons. The smallest absolute Gasteiger partial charge is 0.0788 e. The summed E-state index contributed by atoms with van der Waals surface area (Å²) < 4.78 is 4.78. The molecule has 0 aromatic heterocycles. The van der Waals surface area contributed by atoms with Crippen LogP contribution in [0.15, 0.2) is 24.5 Å². The van der Waals surface area contributed by atoms with Crippen LogP contribution in [0.1, 0.15) is 12.8 Å². The quantitative estimate of drug-likeness (QED) is 0.482. The van der Waals surface area contributed by atoms with Crippen molar-refractivity contribution in [3.63, 3.8) is 0 Å². The second kappa shape index (κ2) is 4.19. The van der Waals surface area contributed by atoms with E-state index in [0.717, 1.165) is 12.8 Å². The van der Waals surface area contributed by atoms with Gasteiger partial charge in [-0.05, 0) is 18.9 Å². The van der Waals surface area contributed by atoms with E-state index in [1.165, 1.54) is 0 Å². The van der Waals surface area contributed by atoms with Crippen LogP contribution in [0, 0.1) is 5.92 Å². The van der Waals surface area contributed by atoms with Gasteiger partial charge in [0.2, 0.25) is 0 Å². The molecule has 0 heterocycles. The minimum Gasteiger partial charge on any atom is -0.505 e. The highest BCUT2D eigenvalue weighted by Gasteiger charge is 2.15. The van der Waals surface area contributed by atoms with Crippen molar-refractivity contribution in [2.45, 2.75) is 18.9 Å². The number of aliphatic hydroxyl groups excluding tert-OH is 1. The van der Waals surface area contributed by atoms with E-state index in [1.807, 2.05) is 18.2 Å². The zero-order chi connectivity index (χ0) is 8.10. The average Bonchev–Trinajstić information content (AvgIpc) is 2.03. The summed E-state index contributed by atoms with van der Waals surface area (Å²) in [4.78, 5) is 0. The minimum absolute atomic E-state index is 0.236. The predicted octanol–water partition coefficient (Wildman–Crippen LogP) is 1.47. The van der Waals surface area contributed by atoms with E-state index < -0.39 is 0 Å². The summed E-state index contributed by atoms with van der Waals surface area (Å²) in [5.74, 6) is 0.236. The molecule has 0 saturated carbocycles. The van der Waals surface area contributed by atoms with Gasteiger partial charge in [0.15, 0.2) is 0 Å². The molecule has 2 heteroatoms. The molecule has 1 rings (SSSR count). The molecule has 0 aromatic carbocycles. The molecule has 2 unspecified atom stereocenters. The summed E-state index contributed by atoms with van der Waals surface area (Å²) in [5.41, 5.74) is 0. The van der Waals surface area contributed by atoms with E-state index in [2.05, 4.69) is 0 Å². The van der Waals surface area contributed by atoms with Crippen molar-refractivity contribution < 1.29 is 9.84 Å². The number of rotatable bonds is 2. The van der Waals surface area contributed by atoms with E-state index >= 15 is 0 Å². The molecule has 0 aliphatic heterocycles. The van der Waals surface area contributed by atoms with Gasteiger partial charge in [-0.3, -0.25) is 0 Å². The van der Waals surface area contributed by atoms with E-state index in [0.29, 0.717) is 0 Å². The van der Waals surface area contributed by atoms with Gasteiger partial charge in [-0.2, -0.15) is 0 Å². The molecule has 1 aliphatic carbocycles. The molecule has 1 N–H and O–H groups in total. The van der Waals surface area contributed by atoms with Crippen LogP contribution in [-0.4, -0.2) is 18.3 Å². The molecule has 62 valence electrons. The molecule has 11 heavy (non-hydrogen) atoms. The van der Waals surface area contributed by atoms with Gasteiger partial charge >= 0.3 is 0 Å². The first-order chi connectivity index (χ1) is 5.34. The average molecular weight is 154 g/mol. The maximum Gasteiger partial charge on any atom is 0.0788 e. The van der Waals surface area contributed by atoms with Crippen LogP contribution in [0.2, 0.25) is 0 Å². The molecular weight excluding hydrogens is 140 g/mol. The monoisotopic (exact) mass is 154 g/mol. The molecule has 0 saturated heterocycles. The van der Waals surface area contributed by atoms with Crippen molar-refractivity contribution in [3.8, 4) is 0 Å². The lowest BCUT2D eigenvalue weighted by Crippen LogP contribution is -2.18. The van der Waals surface area contributed by atoms with Crippen LogP contribution >= 0.6 is 0 Å². The van der Waals surface area contributed by atoms with E-state index in [-0.39, 0.29) is 12.0 Å². The fourth-order valence-electron chi connectivity index (χ4n) is 1.23. The Labute approximate surface area is 67.2 Å². The fourth-order valence-corrected chi connectivity index (χ4v) is 1.23. The molecular formula is C9H14O2. The third-order valence-electron chi connectivity index (χ3n) is 1.90. The second-order valence-corrected chi connectivity index (χ2v) is 2.72. The lowest BCUT2D eigenvalue weighted by atomic mass is 9.92. The fraction of sp³-hybridized carbons (Fsp3) is 0.556. The van der Waals surface area contributed by atoms with Gasteiger partial charge < -0.3 is 9.84 Å². The maximum absolute atomic E-state index is 9.40. The number of allylic oxidation sites excluding steroid dienone is 1. The van der Waals surface area contributed by atoms with Gasteiger partial charge in [-0.15, -0.1) is 0 Å². The number of hydrogen-bond donors (Lipinski definition) is 1. The second-order valence-electron chi connectivity index (χ2n) is 2.72. The number of aliphatic hydroxyl groups is 1. The maximum atomic E-state index is 9.40. The predicted molar refractivity (Wildman–Crippen MR) is 44.0 cm³/mol. The first-order valence-electron chi connectivity index (χ1n) is 3.89. The Hall–Kier alpha value is -0.760. The highest BCUT2D eigenvalue weighted by molar-refractivity contribution is 5.03. The zero-order valence-electron chi connectivity index (χ0n) is 6.73. The third-order valence-corrected chi connectivity index (χ3v) is 1.90. The molecule has 2 nitrogen and oxygen atoms in total. The lowest BCUT2D eigenvalue weighted by Gasteiger charge is -2.19. The van der Waals surface area contributed by atoms with E-state index in [9.17, 15) is 5.11 Å². The SMILES string of the molecule is CO/C=C/C1CCC=CC1O. The molecule has 0 fully saturated rings. The van der Waals surface area contributed by atoms with E-state index in [1.54, 1.807) is 13.4 Å². The van der Waals surface area contributed by atoms with Gasteiger partial charge in [-0.25, -0.2) is 0 Å². The highest BCUT2D eigenvalue weighted by Crippen LogP contribution is 2.19. The Morgan fingerprint density at radius 1 is 1.64 bits per heavy atom. The standard InChI is InChI=1S/C9H14O2/c1-11-7-6-8-4-2-3-5-9(8)10/h3,5-10H,2,4H2,1H3/b7-6+. The van der Waals surface area contributed by atoms with Crippen LogP contribution in [0.25, 0.3) is 0 Å². The van der Waals surface area contributed by atoms with Crippen LogP contribution in [0.5, 0.6) is 0 Å². The number of ether oxygens (including phenoxy) is 1. The Kier molecular flexibility index (Phi) is 3.17. The normalized spacial score (nSPS) is 31.1. The highest BCUT2D eigenvalue weighted by atomic mass is 16.5. The van der Waals surface area contributed by atoms with E-state index in [4.69, 9.17) is 4.74 Å². The Morgan fingerprint density at radius 3 is 3.09 bits per heavy atom. The van der Waals surface area contributed by atoms with Crippen molar-refractivity contribution in [2.24, 2.45) is 5.92 Å². The van der Waals surface area contributed by atoms with Crippen molar-refractivity contribution in [1.82, 2.24) is 0 Å². The first kappa shape index (κ1) is 8.34. The van der Waals surface area contributed by atoms with Crippen molar-refractivity contribution in [2.75, 3.05) is 7.11 Å². The summed E-state index contributed by atoms with van der Waals surface area (Å²) in [6.07, 6.45) is 9.14. The van der Waals surface area contributed by atoms with Gasteiger partial charge in [0, 0.05) is 5.92 Å². The van der Waals surface area contributed by atoms with Crippen LogP contribution in [-0.2, 0) is 4.74 Å². The number of methoxy groups -OCH3 is 1. The number of hydrogen-bond acceptors (Lipinski definition) is 2. The summed E-state index contributed by atoms with van der Waals surface area (Å²) in [7, 11) is 1.61. The summed E-state index contributed by atoms with van der Waals surface area (Å²) in [6, 6.07) is 0. The Balaban J connectivity index is 2.44. The van der Waals surface area contributed by atoms with Crippen molar-refractivity contribution in [1.29, 1.82) is 0 Å². The molecule has 0 bridgehead atoms. The van der Waals surface area contributed by atoms with Crippen LogP contribution in [0.3, 0.4) is 0 Å². The molecule has 0 amide bonds. The molecule has 2 atom stereocenters. The molecule has 0 aromatic rings. The Bertz CT molecular complexity index is 161. The Morgan fingerprint density at radius 2 is 2.45 bits per heavy atom. The van der Waals surface area contributed by atoms with Crippen molar-refractivity contribution in [3.05, 3.63) is 24.5 Å². The van der Waals surface area contributed by atoms with Gasteiger partial charge in [0.25, 0.3) is 0 Å². The first-order valence-corrected chi connectivity index (χ1v) is 3.89. The molecule has 1 aliphatic rings. The zero-order valence-corrected chi connectivity index (χ0v) is 6.73. The largest absolute Gasteiger partial charge is 0.505 e. The lowest BCUT2D eigenvalue weighted by molar-refractivity contribution is 0.163. The summed E-state index contributed by atoms with van der Waals surface area (Å²) in [5, 5.41) is 9.40. The van der Waals surface area contributed by atoms with Gasteiger partial charge in [-0.1, -0.05) is 12.2 Å². The minimum atomic E-state index is -0.324. The summed E-state index contributed by atoms with van der Waals surface area (Å²) in [6.45, 7) is 0. The van der Waals surface area contributed by atoms with Crippen molar-refractivity contribution >= 4 is 0 Å². The molecule has 0 spiro atoms.